The summed E-state index contributed by atoms with van der Waals surface area (Å²) < 4.78 is 4.64. The summed E-state index contributed by atoms with van der Waals surface area (Å²) in [6, 6.07) is 106. The summed E-state index contributed by atoms with van der Waals surface area (Å²) in [5.41, 5.74) is 18.6. The van der Waals surface area contributed by atoms with Crippen LogP contribution in [0.15, 0.2) is 303 Å². The molecule has 17 aromatic rings. The lowest BCUT2D eigenvalue weighted by Gasteiger charge is -2.21. The SMILES string of the molecule is [C-]#[N+]c1cc(C#N)cc(-c2ccc3c(c2)c2ccccc2n3-c2cccc(-c3nc(-c4ccccc4)nc(-c4ccccc4)n3)c2-c2cccc(-c3c(-c4nc(-c5ccccc5)nc(-c5ccccc5)n4)cccc3-n3c4ccccc4c4cc(-c5cc(C#N)cc([N+]#[C-])c5)ccc43)c2)c1. The number of para-hydroxylation sites is 2. The number of nitriles is 2. The van der Waals surface area contributed by atoms with Crippen molar-refractivity contribution >= 4 is 55.0 Å². The van der Waals surface area contributed by atoms with Crippen molar-refractivity contribution in [2.24, 2.45) is 0 Å². The van der Waals surface area contributed by atoms with Crippen molar-refractivity contribution in [3.05, 3.63) is 337 Å². The number of benzene rings is 13. The predicted molar refractivity (Wildman–Crippen MR) is 398 cm³/mol. The van der Waals surface area contributed by atoms with Gasteiger partial charge >= 0.3 is 0 Å². The second-order valence-corrected chi connectivity index (χ2v) is 24.2. The number of rotatable bonds is 12. The molecule has 13 aromatic carbocycles. The molecule has 0 aliphatic heterocycles. The van der Waals surface area contributed by atoms with Gasteiger partial charge in [-0.1, -0.05) is 212 Å². The molecule has 462 valence electrons. The van der Waals surface area contributed by atoms with Crippen LogP contribution in [-0.4, -0.2) is 39.0 Å². The smallest absolute Gasteiger partial charge is 0.189 e. The van der Waals surface area contributed by atoms with E-state index in [1.54, 1.807) is 12.1 Å². The Balaban J connectivity index is 0.959. The summed E-state index contributed by atoms with van der Waals surface area (Å²) in [5.74, 6) is 3.00. The third-order valence-electron chi connectivity index (χ3n) is 18.3. The number of hydrogen-bond acceptors (Lipinski definition) is 8. The Kier molecular flexibility index (Phi) is 14.8. The van der Waals surface area contributed by atoms with E-state index in [0.717, 1.165) is 133 Å². The van der Waals surface area contributed by atoms with Gasteiger partial charge in [0.2, 0.25) is 0 Å². The van der Waals surface area contributed by atoms with Gasteiger partial charge in [0.05, 0.1) is 58.7 Å². The lowest BCUT2D eigenvalue weighted by atomic mass is 9.91. The first-order valence-electron chi connectivity index (χ1n) is 32.4. The molecule has 0 bridgehead atoms. The number of hydrogen-bond donors (Lipinski definition) is 0. The summed E-state index contributed by atoms with van der Waals surface area (Å²) in [7, 11) is 0. The fourth-order valence-corrected chi connectivity index (χ4v) is 13.8. The zero-order valence-corrected chi connectivity index (χ0v) is 53.2. The maximum absolute atomic E-state index is 10.1. The molecule has 0 aliphatic rings. The fourth-order valence-electron chi connectivity index (χ4n) is 13.8. The van der Waals surface area contributed by atoms with Gasteiger partial charge < -0.3 is 9.13 Å². The average molecular weight is 1280 g/mol. The largest absolute Gasteiger partial charge is 0.309 e. The molecule has 100 heavy (non-hydrogen) atoms. The third-order valence-corrected chi connectivity index (χ3v) is 18.3. The molecule has 0 unspecified atom stereocenters. The van der Waals surface area contributed by atoms with Crippen LogP contribution in [0.4, 0.5) is 11.4 Å². The highest BCUT2D eigenvalue weighted by Gasteiger charge is 2.27. The molecule has 0 radical (unpaired) electrons. The van der Waals surface area contributed by atoms with E-state index in [1.165, 1.54) is 0 Å². The van der Waals surface area contributed by atoms with Crippen LogP contribution in [0.25, 0.3) is 178 Å². The summed E-state index contributed by atoms with van der Waals surface area (Å²) in [6.45, 7) is 15.8. The van der Waals surface area contributed by atoms with Crippen LogP contribution in [0, 0.1) is 35.8 Å². The molecular weight excluding hydrogens is 1230 g/mol. The van der Waals surface area contributed by atoms with Gasteiger partial charge in [0.25, 0.3) is 0 Å². The Morgan fingerprint density at radius 2 is 0.590 bits per heavy atom. The second-order valence-electron chi connectivity index (χ2n) is 24.2. The van der Waals surface area contributed by atoms with E-state index < -0.39 is 0 Å². The van der Waals surface area contributed by atoms with Crippen LogP contribution < -0.4 is 0 Å². The van der Waals surface area contributed by atoms with Crippen LogP contribution in [-0.2, 0) is 0 Å². The van der Waals surface area contributed by atoms with Gasteiger partial charge in [0, 0.05) is 77.2 Å². The van der Waals surface area contributed by atoms with Crippen LogP contribution >= 0.6 is 0 Å². The van der Waals surface area contributed by atoms with Gasteiger partial charge in [-0.2, -0.15) is 10.5 Å². The minimum absolute atomic E-state index is 0.392. The Morgan fingerprint density at radius 1 is 0.260 bits per heavy atom. The normalized spacial score (nSPS) is 11.2. The van der Waals surface area contributed by atoms with Gasteiger partial charge in [0.1, 0.15) is 0 Å². The van der Waals surface area contributed by atoms with Crippen molar-refractivity contribution in [3.63, 3.8) is 0 Å². The predicted octanol–water partition coefficient (Wildman–Crippen LogP) is 21.8. The minimum Gasteiger partial charge on any atom is -0.309 e. The first-order chi connectivity index (χ1) is 49.4. The minimum atomic E-state index is 0.392. The molecule has 0 atom stereocenters. The molecule has 0 fully saturated rings. The quantitative estimate of drug-likeness (QED) is 0.110. The van der Waals surface area contributed by atoms with E-state index >= 15 is 0 Å². The molecular formula is C88H50N12. The molecule has 0 aliphatic carbocycles. The van der Waals surface area contributed by atoms with Crippen molar-refractivity contribution in [2.75, 3.05) is 0 Å². The summed E-state index contributed by atoms with van der Waals surface area (Å²) in [6.07, 6.45) is 0. The van der Waals surface area contributed by atoms with E-state index in [9.17, 15) is 10.5 Å². The summed E-state index contributed by atoms with van der Waals surface area (Å²) in [4.78, 5) is 39.5. The number of nitrogens with zero attached hydrogens (tertiary/aromatic N) is 12. The monoisotopic (exact) mass is 1270 g/mol. The molecule has 0 amide bonds. The van der Waals surface area contributed by atoms with Crippen molar-refractivity contribution in [2.45, 2.75) is 0 Å². The van der Waals surface area contributed by atoms with Crippen molar-refractivity contribution < 1.29 is 0 Å². The molecule has 0 saturated heterocycles. The third kappa shape index (κ3) is 10.6. The van der Waals surface area contributed by atoms with Crippen molar-refractivity contribution in [3.8, 4) is 136 Å². The molecule has 0 spiro atoms. The fraction of sp³-hybridized carbons (Fsp3) is 0. The summed E-state index contributed by atoms with van der Waals surface area (Å²) in [5, 5.41) is 24.2. The van der Waals surface area contributed by atoms with Crippen LogP contribution in [0.3, 0.4) is 0 Å². The maximum Gasteiger partial charge on any atom is 0.189 e. The lowest BCUT2D eigenvalue weighted by molar-refractivity contribution is 1.07. The molecule has 12 nitrogen and oxygen atoms in total. The first-order valence-corrected chi connectivity index (χ1v) is 32.4. The van der Waals surface area contributed by atoms with E-state index in [1.807, 2.05) is 146 Å². The van der Waals surface area contributed by atoms with Gasteiger partial charge in [-0.05, 0) is 124 Å². The van der Waals surface area contributed by atoms with E-state index in [0.29, 0.717) is 57.4 Å². The van der Waals surface area contributed by atoms with E-state index in [-0.39, 0.29) is 0 Å². The molecule has 12 heteroatoms. The zero-order chi connectivity index (χ0) is 67.2. The topological polar surface area (TPSA) is 144 Å². The maximum atomic E-state index is 10.1. The van der Waals surface area contributed by atoms with Crippen LogP contribution in [0.2, 0.25) is 0 Å². The average Bonchev–Trinajstić information content (AvgIpc) is 1.53. The van der Waals surface area contributed by atoms with Gasteiger partial charge in [-0.15, -0.1) is 0 Å². The highest BCUT2D eigenvalue weighted by Crippen LogP contribution is 2.47. The standard InChI is InChI=1S/C88H50N12/c1-91-67-46-55(53-89)44-65(49-67)61-40-42-77-73(51-61)69-32-15-17-36-75(69)99(77)79-38-20-34-71(87-95-83(57-22-7-3-8-23-57)93-84(96-87)58-24-9-4-10-25-58)81(79)63-30-19-31-64(48-63)82-72(88-97-85(59-26-11-5-12-27-59)94-86(98-88)60-28-13-6-14-29-60)35-21-39-80(82)100-76-37-18-16-33-70(76)74-52-62(41-43-78(74)100)66-45-56(54-90)47-68(50-66)92-2/h3-52H. The van der Waals surface area contributed by atoms with Crippen LogP contribution in [0.1, 0.15) is 11.1 Å². The molecule has 0 N–H and O–H groups in total. The number of fused-ring (bicyclic) bond motifs is 6. The highest BCUT2D eigenvalue weighted by atomic mass is 15.1. The zero-order valence-electron chi connectivity index (χ0n) is 53.2. The highest BCUT2D eigenvalue weighted by molar-refractivity contribution is 6.13. The Bertz CT molecular complexity index is 5770. The Hall–Kier alpha value is -14.6. The first kappa shape index (κ1) is 59.2. The molecule has 4 aromatic heterocycles. The molecule has 17 rings (SSSR count). The van der Waals surface area contributed by atoms with Crippen molar-refractivity contribution in [1.29, 1.82) is 10.5 Å². The molecule has 0 saturated carbocycles. The van der Waals surface area contributed by atoms with Gasteiger partial charge in [0.15, 0.2) is 46.3 Å². The Morgan fingerprint density at radius 3 is 0.960 bits per heavy atom. The second kappa shape index (κ2) is 25.0. The van der Waals surface area contributed by atoms with Crippen LogP contribution in [0.5, 0.6) is 0 Å². The van der Waals surface area contributed by atoms with Crippen molar-refractivity contribution in [1.82, 2.24) is 39.0 Å². The van der Waals surface area contributed by atoms with E-state index in [2.05, 4.69) is 177 Å². The lowest BCUT2D eigenvalue weighted by Crippen LogP contribution is -2.05. The van der Waals surface area contributed by atoms with E-state index in [4.69, 9.17) is 43.0 Å². The van der Waals surface area contributed by atoms with Gasteiger partial charge in [-0.3, -0.25) is 0 Å². The van der Waals surface area contributed by atoms with Gasteiger partial charge in [-0.25, -0.2) is 39.6 Å². The summed E-state index contributed by atoms with van der Waals surface area (Å²) >= 11 is 0. The molecule has 4 heterocycles. The number of aromatic nitrogens is 8. The Labute approximate surface area is 574 Å².